The molecule has 0 saturated heterocycles. The van der Waals surface area contributed by atoms with E-state index in [2.05, 4.69) is 27.6 Å². The first kappa shape index (κ1) is 7.72. The summed E-state index contributed by atoms with van der Waals surface area (Å²) in [6, 6.07) is 5.45. The summed E-state index contributed by atoms with van der Waals surface area (Å²) in [5, 5.41) is 0. The molecule has 0 aliphatic rings. The molecule has 0 unspecified atom stereocenters. The van der Waals surface area contributed by atoms with Crippen molar-refractivity contribution >= 4 is 34.5 Å². The zero-order valence-corrected chi connectivity index (χ0v) is 8.22. The lowest BCUT2D eigenvalue weighted by molar-refractivity contribution is 0.111. The molecule has 2 aromatic heterocycles. The van der Waals surface area contributed by atoms with Crippen molar-refractivity contribution in [2.24, 2.45) is 0 Å². The zero-order valence-electron chi connectivity index (χ0n) is 6.07. The Kier molecular flexibility index (Phi) is 1.84. The van der Waals surface area contributed by atoms with Crippen LogP contribution in [0.5, 0.6) is 0 Å². The van der Waals surface area contributed by atoms with E-state index in [1.807, 2.05) is 18.3 Å². The smallest absolute Gasteiger partial charge is 0.166 e. The fourth-order valence-electron chi connectivity index (χ4n) is 1.10. The Balaban J connectivity index is 2.86. The lowest BCUT2D eigenvalue weighted by Crippen LogP contribution is -1.91. The molecule has 60 valence electrons. The molecule has 0 bridgehead atoms. The Morgan fingerprint density at radius 3 is 3.08 bits per heavy atom. The SMILES string of the molecule is O=Cc1cccc2nc(I)cn12. The number of carbonyl (C=O) groups excluding carboxylic acids is 1. The molecule has 0 aliphatic heterocycles. The molecule has 0 saturated carbocycles. The van der Waals surface area contributed by atoms with Crippen LogP contribution >= 0.6 is 22.6 Å². The van der Waals surface area contributed by atoms with Gasteiger partial charge in [0, 0.05) is 6.20 Å². The van der Waals surface area contributed by atoms with Crippen LogP contribution in [0.25, 0.3) is 5.65 Å². The van der Waals surface area contributed by atoms with Gasteiger partial charge in [0.2, 0.25) is 0 Å². The Morgan fingerprint density at radius 1 is 1.50 bits per heavy atom. The second-order valence-corrected chi connectivity index (χ2v) is 3.47. The van der Waals surface area contributed by atoms with Gasteiger partial charge in [-0.05, 0) is 34.7 Å². The van der Waals surface area contributed by atoms with E-state index in [0.29, 0.717) is 5.69 Å². The average molecular weight is 272 g/mol. The van der Waals surface area contributed by atoms with Crippen LogP contribution in [-0.4, -0.2) is 15.7 Å². The molecule has 0 atom stereocenters. The van der Waals surface area contributed by atoms with Gasteiger partial charge in [-0.15, -0.1) is 0 Å². The van der Waals surface area contributed by atoms with Crippen molar-refractivity contribution in [1.82, 2.24) is 9.38 Å². The quantitative estimate of drug-likeness (QED) is 0.585. The van der Waals surface area contributed by atoms with Gasteiger partial charge in [0.25, 0.3) is 0 Å². The average Bonchev–Trinajstić information content (AvgIpc) is 2.44. The molecule has 12 heavy (non-hydrogen) atoms. The predicted octanol–water partition coefficient (Wildman–Crippen LogP) is 1.75. The van der Waals surface area contributed by atoms with E-state index in [0.717, 1.165) is 15.6 Å². The number of fused-ring (bicyclic) bond motifs is 1. The van der Waals surface area contributed by atoms with Gasteiger partial charge in [-0.1, -0.05) is 6.07 Å². The highest BCUT2D eigenvalue weighted by Gasteiger charge is 2.00. The largest absolute Gasteiger partial charge is 0.296 e. The molecule has 0 radical (unpaired) electrons. The van der Waals surface area contributed by atoms with Crippen LogP contribution in [0.3, 0.4) is 0 Å². The maximum atomic E-state index is 10.6. The summed E-state index contributed by atoms with van der Waals surface area (Å²) in [5.41, 5.74) is 1.44. The van der Waals surface area contributed by atoms with Gasteiger partial charge in [0.15, 0.2) is 6.29 Å². The van der Waals surface area contributed by atoms with E-state index in [-0.39, 0.29) is 0 Å². The monoisotopic (exact) mass is 272 g/mol. The first-order valence-corrected chi connectivity index (χ1v) is 4.48. The molecule has 3 nitrogen and oxygen atoms in total. The molecule has 2 rings (SSSR count). The number of hydrogen-bond acceptors (Lipinski definition) is 2. The molecule has 2 aromatic rings. The van der Waals surface area contributed by atoms with Gasteiger partial charge in [0.05, 0.1) is 5.69 Å². The van der Waals surface area contributed by atoms with E-state index in [1.54, 1.807) is 10.5 Å². The van der Waals surface area contributed by atoms with Gasteiger partial charge in [-0.2, -0.15) is 0 Å². The Morgan fingerprint density at radius 2 is 2.33 bits per heavy atom. The van der Waals surface area contributed by atoms with Crippen molar-refractivity contribution in [3.63, 3.8) is 0 Å². The van der Waals surface area contributed by atoms with E-state index in [9.17, 15) is 4.79 Å². The summed E-state index contributed by atoms with van der Waals surface area (Å²) < 4.78 is 2.66. The van der Waals surface area contributed by atoms with E-state index in [4.69, 9.17) is 0 Å². The first-order valence-electron chi connectivity index (χ1n) is 3.40. The number of nitrogens with zero attached hydrogens (tertiary/aromatic N) is 2. The molecule has 0 aliphatic carbocycles. The normalized spacial score (nSPS) is 10.4. The number of hydrogen-bond donors (Lipinski definition) is 0. The molecule has 4 heteroatoms. The lowest BCUT2D eigenvalue weighted by atomic mass is 10.4. The number of halogens is 1. The van der Waals surface area contributed by atoms with E-state index < -0.39 is 0 Å². The maximum Gasteiger partial charge on any atom is 0.166 e. The highest BCUT2D eigenvalue weighted by atomic mass is 127. The molecular weight excluding hydrogens is 267 g/mol. The Labute approximate surface area is 82.6 Å². The van der Waals surface area contributed by atoms with Gasteiger partial charge in [-0.3, -0.25) is 9.20 Å². The van der Waals surface area contributed by atoms with Crippen molar-refractivity contribution < 1.29 is 4.79 Å². The Hall–Kier alpha value is -0.910. The van der Waals surface area contributed by atoms with Crippen LogP contribution in [0.4, 0.5) is 0 Å². The highest BCUT2D eigenvalue weighted by Crippen LogP contribution is 2.08. The third-order valence-electron chi connectivity index (χ3n) is 1.62. The van der Waals surface area contributed by atoms with Crippen molar-refractivity contribution in [3.8, 4) is 0 Å². The van der Waals surface area contributed by atoms with Crippen LogP contribution < -0.4 is 0 Å². The van der Waals surface area contributed by atoms with Crippen molar-refractivity contribution in [2.45, 2.75) is 0 Å². The van der Waals surface area contributed by atoms with Gasteiger partial charge >= 0.3 is 0 Å². The summed E-state index contributed by atoms with van der Waals surface area (Å²) >= 11 is 2.12. The van der Waals surface area contributed by atoms with Crippen LogP contribution in [0.2, 0.25) is 0 Å². The predicted molar refractivity (Wildman–Crippen MR) is 53.3 cm³/mol. The molecule has 0 aromatic carbocycles. The standard InChI is InChI=1S/C8H5IN2O/c9-7-4-11-6(5-12)2-1-3-8(11)10-7/h1-5H. The minimum Gasteiger partial charge on any atom is -0.296 e. The summed E-state index contributed by atoms with van der Waals surface area (Å²) in [6.45, 7) is 0. The molecule has 0 amide bonds. The minimum absolute atomic E-state index is 0.628. The number of aromatic nitrogens is 2. The van der Waals surface area contributed by atoms with E-state index >= 15 is 0 Å². The van der Waals surface area contributed by atoms with Crippen LogP contribution in [-0.2, 0) is 0 Å². The summed E-state index contributed by atoms with van der Waals surface area (Å²) in [7, 11) is 0. The van der Waals surface area contributed by atoms with Gasteiger partial charge in [-0.25, -0.2) is 4.98 Å². The highest BCUT2D eigenvalue weighted by molar-refractivity contribution is 14.1. The first-order chi connectivity index (χ1) is 5.81. The number of imidazole rings is 1. The third kappa shape index (κ3) is 1.12. The second kappa shape index (κ2) is 2.85. The summed E-state index contributed by atoms with van der Waals surface area (Å²) in [6.07, 6.45) is 2.66. The molecular formula is C8H5IN2O. The summed E-state index contributed by atoms with van der Waals surface area (Å²) in [4.78, 5) is 14.8. The number of aldehydes is 1. The summed E-state index contributed by atoms with van der Waals surface area (Å²) in [5.74, 6) is 0. The van der Waals surface area contributed by atoms with Crippen molar-refractivity contribution in [2.75, 3.05) is 0 Å². The molecule has 0 N–H and O–H groups in total. The van der Waals surface area contributed by atoms with Crippen molar-refractivity contribution in [3.05, 3.63) is 33.8 Å². The third-order valence-corrected chi connectivity index (χ3v) is 2.13. The molecule has 0 spiro atoms. The molecule has 0 fully saturated rings. The zero-order chi connectivity index (χ0) is 8.55. The fraction of sp³-hybridized carbons (Fsp3) is 0. The minimum atomic E-state index is 0.628. The van der Waals surface area contributed by atoms with Crippen LogP contribution in [0, 0.1) is 3.70 Å². The maximum absolute atomic E-state index is 10.6. The topological polar surface area (TPSA) is 34.4 Å². The fourth-order valence-corrected chi connectivity index (χ4v) is 1.62. The number of carbonyl (C=O) groups is 1. The van der Waals surface area contributed by atoms with Gasteiger partial charge in [0.1, 0.15) is 9.35 Å². The molecule has 2 heterocycles. The van der Waals surface area contributed by atoms with Crippen molar-refractivity contribution in [1.29, 1.82) is 0 Å². The number of pyridine rings is 1. The second-order valence-electron chi connectivity index (χ2n) is 2.36. The lowest BCUT2D eigenvalue weighted by Gasteiger charge is -1.94. The van der Waals surface area contributed by atoms with Gasteiger partial charge < -0.3 is 0 Å². The van der Waals surface area contributed by atoms with Crippen LogP contribution in [0.1, 0.15) is 10.5 Å². The number of rotatable bonds is 1. The van der Waals surface area contributed by atoms with Crippen LogP contribution in [0.15, 0.2) is 24.4 Å². The Bertz CT molecular complexity index is 436. The van der Waals surface area contributed by atoms with E-state index in [1.165, 1.54) is 0 Å².